The Bertz CT molecular complexity index is 788. The van der Waals surface area contributed by atoms with Crippen molar-refractivity contribution in [3.63, 3.8) is 0 Å². The second-order valence-electron chi connectivity index (χ2n) is 6.90. The van der Waals surface area contributed by atoms with Gasteiger partial charge in [0.15, 0.2) is 0 Å². The van der Waals surface area contributed by atoms with E-state index in [1.807, 2.05) is 12.1 Å². The minimum atomic E-state index is -0.240. The Morgan fingerprint density at radius 2 is 1.86 bits per heavy atom. The van der Waals surface area contributed by atoms with E-state index in [2.05, 4.69) is 49.6 Å². The van der Waals surface area contributed by atoms with E-state index in [1.165, 1.54) is 5.69 Å². The summed E-state index contributed by atoms with van der Waals surface area (Å²) in [5.41, 5.74) is 2.47. The van der Waals surface area contributed by atoms with Crippen molar-refractivity contribution in [2.75, 3.05) is 63.7 Å². The first-order valence-corrected chi connectivity index (χ1v) is 9.48. The average molecular weight is 384 g/mol. The van der Waals surface area contributed by atoms with Crippen LogP contribution in [0.15, 0.2) is 30.3 Å². The summed E-state index contributed by atoms with van der Waals surface area (Å²) >= 11 is 0. The quantitative estimate of drug-likeness (QED) is 0.703. The molecule has 2 aromatic rings. The van der Waals surface area contributed by atoms with Gasteiger partial charge in [-0.2, -0.15) is 0 Å². The van der Waals surface area contributed by atoms with Gasteiger partial charge in [-0.25, -0.2) is 9.97 Å². The third-order valence-electron chi connectivity index (χ3n) is 4.67. The van der Waals surface area contributed by atoms with Gasteiger partial charge in [-0.3, -0.25) is 4.79 Å². The lowest BCUT2D eigenvalue weighted by Crippen LogP contribution is -2.44. The van der Waals surface area contributed by atoms with E-state index in [-0.39, 0.29) is 5.91 Å². The number of rotatable bonds is 7. The van der Waals surface area contributed by atoms with Crippen LogP contribution in [-0.4, -0.2) is 74.3 Å². The molecule has 0 atom stereocenters. The number of anilines is 3. The van der Waals surface area contributed by atoms with E-state index >= 15 is 0 Å². The minimum absolute atomic E-state index is 0.240. The summed E-state index contributed by atoms with van der Waals surface area (Å²) in [4.78, 5) is 25.6. The summed E-state index contributed by atoms with van der Waals surface area (Å²) in [5, 5.41) is 6.04. The molecule has 1 amide bonds. The molecule has 1 aliphatic rings. The first-order valence-electron chi connectivity index (χ1n) is 9.48. The molecule has 8 nitrogen and oxygen atoms in total. The van der Waals surface area contributed by atoms with E-state index in [0.717, 1.165) is 31.9 Å². The molecule has 1 aliphatic heterocycles. The van der Waals surface area contributed by atoms with Crippen LogP contribution in [0.25, 0.3) is 0 Å². The first-order chi connectivity index (χ1) is 13.5. The fourth-order valence-corrected chi connectivity index (χ4v) is 3.07. The molecule has 0 radical (unpaired) electrons. The number of likely N-dealkylation sites (N-methyl/N-ethyl adjacent to an activating group) is 1. The van der Waals surface area contributed by atoms with Gasteiger partial charge < -0.3 is 25.2 Å². The smallest absolute Gasteiger partial charge is 0.270 e. The van der Waals surface area contributed by atoms with Crippen molar-refractivity contribution in [2.24, 2.45) is 0 Å². The first kappa shape index (κ1) is 20.0. The molecule has 3 rings (SSSR count). The Morgan fingerprint density at radius 1 is 1.14 bits per heavy atom. The van der Waals surface area contributed by atoms with Gasteiger partial charge in [-0.1, -0.05) is 0 Å². The summed E-state index contributed by atoms with van der Waals surface area (Å²) in [6, 6.07) is 9.94. The van der Waals surface area contributed by atoms with Crippen LogP contribution in [0.2, 0.25) is 0 Å². The molecule has 1 saturated heterocycles. The lowest BCUT2D eigenvalue weighted by Gasteiger charge is -2.34. The predicted octanol–water partition coefficient (Wildman–Crippen LogP) is 1.66. The lowest BCUT2D eigenvalue weighted by atomic mass is 10.2. The van der Waals surface area contributed by atoms with Crippen molar-refractivity contribution in [3.8, 4) is 0 Å². The molecule has 2 heterocycles. The number of nitrogens with one attached hydrogen (secondary N) is 2. The number of benzene rings is 1. The number of carbonyl (C=O) groups excluding carboxylic acids is 1. The number of ether oxygens (including phenoxy) is 1. The second-order valence-corrected chi connectivity index (χ2v) is 6.90. The van der Waals surface area contributed by atoms with Crippen LogP contribution < -0.4 is 15.5 Å². The normalized spacial score (nSPS) is 14.8. The third kappa shape index (κ3) is 5.40. The van der Waals surface area contributed by atoms with Crippen molar-refractivity contribution in [1.29, 1.82) is 0 Å². The molecule has 0 unspecified atom stereocenters. The van der Waals surface area contributed by atoms with Crippen LogP contribution in [0.4, 0.5) is 17.2 Å². The number of nitrogens with zero attached hydrogens (tertiary/aromatic N) is 4. The van der Waals surface area contributed by atoms with Gasteiger partial charge >= 0.3 is 0 Å². The van der Waals surface area contributed by atoms with Gasteiger partial charge in [0.25, 0.3) is 5.91 Å². The molecule has 150 valence electrons. The predicted molar refractivity (Wildman–Crippen MR) is 110 cm³/mol. The number of carbonyl (C=O) groups is 1. The number of amides is 1. The molecule has 0 aliphatic carbocycles. The summed E-state index contributed by atoms with van der Waals surface area (Å²) in [7, 11) is 3.75. The van der Waals surface area contributed by atoms with Gasteiger partial charge in [0.2, 0.25) is 0 Å². The van der Waals surface area contributed by atoms with Crippen molar-refractivity contribution in [1.82, 2.24) is 20.2 Å². The Kier molecular flexibility index (Phi) is 6.78. The SMILES string of the molecule is COCCNC(=O)c1cc(Nc2ccc(N3CCN(C)CC3)cc2)nc(C)n1. The fraction of sp³-hybridized carbons (Fsp3) is 0.450. The second kappa shape index (κ2) is 9.48. The number of aromatic nitrogens is 2. The van der Waals surface area contributed by atoms with E-state index in [4.69, 9.17) is 4.74 Å². The number of hydrogen-bond acceptors (Lipinski definition) is 7. The zero-order valence-electron chi connectivity index (χ0n) is 16.7. The summed E-state index contributed by atoms with van der Waals surface area (Å²) in [6.45, 7) is 6.90. The van der Waals surface area contributed by atoms with Gasteiger partial charge in [-0.05, 0) is 38.2 Å². The van der Waals surface area contributed by atoms with Crippen LogP contribution in [-0.2, 0) is 4.74 Å². The molecule has 0 saturated carbocycles. The van der Waals surface area contributed by atoms with E-state index in [0.29, 0.717) is 30.5 Å². The highest BCUT2D eigenvalue weighted by atomic mass is 16.5. The van der Waals surface area contributed by atoms with Crippen molar-refractivity contribution in [3.05, 3.63) is 41.9 Å². The molecule has 8 heteroatoms. The zero-order chi connectivity index (χ0) is 19.9. The lowest BCUT2D eigenvalue weighted by molar-refractivity contribution is 0.0931. The minimum Gasteiger partial charge on any atom is -0.383 e. The number of methoxy groups -OCH3 is 1. The fourth-order valence-electron chi connectivity index (χ4n) is 3.07. The van der Waals surface area contributed by atoms with Gasteiger partial charge in [0.1, 0.15) is 17.3 Å². The number of piperazine rings is 1. The Labute approximate surface area is 165 Å². The van der Waals surface area contributed by atoms with Crippen LogP contribution in [0.1, 0.15) is 16.3 Å². The third-order valence-corrected chi connectivity index (χ3v) is 4.67. The summed E-state index contributed by atoms with van der Waals surface area (Å²) in [6.07, 6.45) is 0. The molecule has 0 spiro atoms. The Balaban J connectivity index is 1.65. The average Bonchev–Trinajstić information content (AvgIpc) is 2.69. The highest BCUT2D eigenvalue weighted by Crippen LogP contribution is 2.21. The Morgan fingerprint density at radius 3 is 2.54 bits per heavy atom. The molecule has 1 aromatic carbocycles. The van der Waals surface area contributed by atoms with Crippen molar-refractivity contribution in [2.45, 2.75) is 6.92 Å². The molecular weight excluding hydrogens is 356 g/mol. The molecule has 28 heavy (non-hydrogen) atoms. The zero-order valence-corrected chi connectivity index (χ0v) is 16.7. The van der Waals surface area contributed by atoms with E-state index in [9.17, 15) is 4.79 Å². The molecule has 2 N–H and O–H groups in total. The van der Waals surface area contributed by atoms with Crippen molar-refractivity contribution >= 4 is 23.1 Å². The highest BCUT2D eigenvalue weighted by Gasteiger charge is 2.14. The summed E-state index contributed by atoms with van der Waals surface area (Å²) < 4.78 is 4.95. The van der Waals surface area contributed by atoms with Gasteiger partial charge in [0, 0.05) is 57.3 Å². The van der Waals surface area contributed by atoms with E-state index in [1.54, 1.807) is 20.1 Å². The molecule has 0 bridgehead atoms. The maximum absolute atomic E-state index is 12.2. The maximum Gasteiger partial charge on any atom is 0.270 e. The largest absolute Gasteiger partial charge is 0.383 e. The highest BCUT2D eigenvalue weighted by molar-refractivity contribution is 5.93. The van der Waals surface area contributed by atoms with Crippen LogP contribution in [0.3, 0.4) is 0 Å². The van der Waals surface area contributed by atoms with Crippen LogP contribution in [0.5, 0.6) is 0 Å². The van der Waals surface area contributed by atoms with Crippen LogP contribution >= 0.6 is 0 Å². The molecule has 1 aromatic heterocycles. The van der Waals surface area contributed by atoms with E-state index < -0.39 is 0 Å². The topological polar surface area (TPSA) is 82.6 Å². The van der Waals surface area contributed by atoms with Gasteiger partial charge in [0.05, 0.1) is 6.61 Å². The summed E-state index contributed by atoms with van der Waals surface area (Å²) in [5.74, 6) is 0.892. The molecular formula is C20H28N6O2. The van der Waals surface area contributed by atoms with Gasteiger partial charge in [-0.15, -0.1) is 0 Å². The molecule has 1 fully saturated rings. The van der Waals surface area contributed by atoms with Crippen LogP contribution in [0, 0.1) is 6.92 Å². The number of hydrogen-bond donors (Lipinski definition) is 2. The maximum atomic E-state index is 12.2. The monoisotopic (exact) mass is 384 g/mol. The van der Waals surface area contributed by atoms with Crippen molar-refractivity contribution < 1.29 is 9.53 Å². The Hall–Kier alpha value is -2.71. The standard InChI is InChI=1S/C20H28N6O2/c1-15-22-18(20(27)21-8-13-28-3)14-19(23-15)24-16-4-6-17(7-5-16)26-11-9-25(2)10-12-26/h4-7,14H,8-13H2,1-3H3,(H,21,27)(H,22,23,24). The number of aryl methyl sites for hydroxylation is 1.